The Morgan fingerprint density at radius 3 is 2.51 bits per heavy atom. The fourth-order valence-electron chi connectivity index (χ4n) is 4.23. The van der Waals surface area contributed by atoms with Crippen LogP contribution in [0.3, 0.4) is 0 Å². The molecule has 35 heavy (non-hydrogen) atoms. The van der Waals surface area contributed by atoms with E-state index in [9.17, 15) is 9.59 Å². The van der Waals surface area contributed by atoms with E-state index in [-0.39, 0.29) is 12.2 Å². The average molecular weight is 509 g/mol. The van der Waals surface area contributed by atoms with Gasteiger partial charge in [-0.2, -0.15) is 0 Å². The van der Waals surface area contributed by atoms with Crippen molar-refractivity contribution in [3.05, 3.63) is 101 Å². The second kappa shape index (κ2) is 10.8. The summed E-state index contributed by atoms with van der Waals surface area (Å²) >= 11 is 7.67. The highest BCUT2D eigenvalue weighted by Gasteiger charge is 2.34. The van der Waals surface area contributed by atoms with Crippen LogP contribution in [0, 0.1) is 0 Å². The van der Waals surface area contributed by atoms with Gasteiger partial charge in [0.25, 0.3) is 5.56 Å². The minimum atomic E-state index is -0.610. The molecule has 0 saturated carbocycles. The zero-order valence-corrected chi connectivity index (χ0v) is 21.9. The lowest BCUT2D eigenvalue weighted by Gasteiger charge is -2.26. The third kappa shape index (κ3) is 5.04. The number of rotatable bonds is 7. The normalized spacial score (nSPS) is 15.8. The Balaban J connectivity index is 1.99. The van der Waals surface area contributed by atoms with E-state index in [1.165, 1.54) is 16.9 Å². The van der Waals surface area contributed by atoms with Gasteiger partial charge in [-0.3, -0.25) is 9.36 Å². The molecule has 182 valence electrons. The van der Waals surface area contributed by atoms with E-state index in [4.69, 9.17) is 21.3 Å². The third-order valence-electron chi connectivity index (χ3n) is 6.00. The molecular weight excluding hydrogens is 480 g/mol. The number of carbonyl (C=O) groups is 1. The van der Waals surface area contributed by atoms with Gasteiger partial charge in [0.15, 0.2) is 4.80 Å². The van der Waals surface area contributed by atoms with E-state index in [1.54, 1.807) is 23.6 Å². The van der Waals surface area contributed by atoms with Gasteiger partial charge < -0.3 is 4.74 Å². The molecule has 0 amide bonds. The topological polar surface area (TPSA) is 60.7 Å². The fourth-order valence-corrected chi connectivity index (χ4v) is 5.43. The van der Waals surface area contributed by atoms with Crippen LogP contribution in [-0.2, 0) is 9.53 Å². The predicted octanol–water partition coefficient (Wildman–Crippen LogP) is 5.36. The molecule has 0 saturated heterocycles. The first kappa shape index (κ1) is 25.1. The molecule has 1 aliphatic rings. The number of thiazole rings is 1. The van der Waals surface area contributed by atoms with Gasteiger partial charge in [0.1, 0.15) is 0 Å². The molecule has 3 aromatic rings. The van der Waals surface area contributed by atoms with E-state index < -0.39 is 12.0 Å². The molecule has 0 fully saturated rings. The maximum Gasteiger partial charge on any atom is 0.338 e. The molecule has 0 radical (unpaired) electrons. The van der Waals surface area contributed by atoms with E-state index in [0.29, 0.717) is 38.0 Å². The molecule has 1 aliphatic heterocycles. The molecule has 0 bridgehead atoms. The molecule has 0 aliphatic carbocycles. The molecule has 2 aromatic carbocycles. The highest BCUT2D eigenvalue weighted by molar-refractivity contribution is 7.07. The van der Waals surface area contributed by atoms with Crippen LogP contribution in [0.25, 0.3) is 6.08 Å². The molecule has 1 atom stereocenters. The number of aromatic nitrogens is 1. The van der Waals surface area contributed by atoms with Gasteiger partial charge in [-0.15, -0.1) is 0 Å². The van der Waals surface area contributed by atoms with Crippen molar-refractivity contribution < 1.29 is 9.53 Å². The second-order valence-electron chi connectivity index (χ2n) is 8.76. The van der Waals surface area contributed by atoms with Crippen molar-refractivity contribution in [3.8, 4) is 0 Å². The standard InChI is InChI=1S/C28H29ClN2O3S/c1-5-9-22-24(27(33)34-6-2)25(19-14-12-18(13-15-19)17(3)4)31-26(32)23(35-28(31)30-22)16-20-10-7-8-11-21(20)29/h7-8,10-17,25H,5-6,9H2,1-4H3/b23-16+/t25-/m0/s1. The van der Waals surface area contributed by atoms with E-state index in [1.807, 2.05) is 37.3 Å². The Bertz CT molecular complexity index is 1450. The summed E-state index contributed by atoms with van der Waals surface area (Å²) in [7, 11) is 0. The molecule has 7 heteroatoms. The largest absolute Gasteiger partial charge is 0.463 e. The number of carbonyl (C=O) groups excluding carboxylic acids is 1. The molecule has 0 unspecified atom stereocenters. The summed E-state index contributed by atoms with van der Waals surface area (Å²) in [5, 5.41) is 0.568. The van der Waals surface area contributed by atoms with Gasteiger partial charge in [0.2, 0.25) is 0 Å². The van der Waals surface area contributed by atoms with Crippen molar-refractivity contribution in [1.82, 2.24) is 4.57 Å². The van der Waals surface area contributed by atoms with Crippen LogP contribution in [0.5, 0.6) is 0 Å². The van der Waals surface area contributed by atoms with Crippen molar-refractivity contribution in [3.63, 3.8) is 0 Å². The lowest BCUT2D eigenvalue weighted by atomic mass is 9.92. The Morgan fingerprint density at radius 1 is 1.17 bits per heavy atom. The maximum absolute atomic E-state index is 13.7. The number of hydrogen-bond acceptors (Lipinski definition) is 5. The lowest BCUT2D eigenvalue weighted by Crippen LogP contribution is -2.40. The monoisotopic (exact) mass is 508 g/mol. The van der Waals surface area contributed by atoms with Crippen LogP contribution in [0.2, 0.25) is 5.02 Å². The van der Waals surface area contributed by atoms with Gasteiger partial charge >= 0.3 is 5.97 Å². The minimum absolute atomic E-state index is 0.205. The summed E-state index contributed by atoms with van der Waals surface area (Å²) in [6.07, 6.45) is 3.22. The first-order valence-corrected chi connectivity index (χ1v) is 13.1. The maximum atomic E-state index is 13.7. The van der Waals surface area contributed by atoms with Crippen molar-refractivity contribution >= 4 is 35.0 Å². The molecule has 5 nitrogen and oxygen atoms in total. The van der Waals surface area contributed by atoms with Gasteiger partial charge in [-0.25, -0.2) is 9.79 Å². The van der Waals surface area contributed by atoms with Gasteiger partial charge in [-0.05, 0) is 48.1 Å². The number of nitrogens with zero attached hydrogens (tertiary/aromatic N) is 2. The number of hydrogen-bond donors (Lipinski definition) is 0. The first-order valence-electron chi connectivity index (χ1n) is 11.9. The zero-order valence-electron chi connectivity index (χ0n) is 20.4. The van der Waals surface area contributed by atoms with Crippen LogP contribution >= 0.6 is 22.9 Å². The van der Waals surface area contributed by atoms with Crippen LogP contribution in [-0.4, -0.2) is 17.1 Å². The Kier molecular flexibility index (Phi) is 7.72. The van der Waals surface area contributed by atoms with Gasteiger partial charge in [0.05, 0.1) is 28.5 Å². The average Bonchev–Trinajstić information content (AvgIpc) is 3.14. The van der Waals surface area contributed by atoms with Crippen molar-refractivity contribution in [2.45, 2.75) is 52.5 Å². The second-order valence-corrected chi connectivity index (χ2v) is 10.2. The molecule has 0 spiro atoms. The smallest absolute Gasteiger partial charge is 0.338 e. The van der Waals surface area contributed by atoms with Crippen LogP contribution in [0.1, 0.15) is 69.2 Å². The highest BCUT2D eigenvalue weighted by atomic mass is 35.5. The number of allylic oxidation sites excluding steroid dienone is 1. The third-order valence-corrected chi connectivity index (χ3v) is 7.33. The SMILES string of the molecule is CCCC1=C(C(=O)OCC)[C@H](c2ccc(C(C)C)cc2)n2c(s/c(=C/c3ccccc3Cl)c2=O)=N1. The van der Waals surface area contributed by atoms with Crippen LogP contribution < -0.4 is 14.9 Å². The Labute approximate surface area is 214 Å². The van der Waals surface area contributed by atoms with Crippen LogP contribution in [0.15, 0.2) is 69.6 Å². The minimum Gasteiger partial charge on any atom is -0.463 e. The summed E-state index contributed by atoms with van der Waals surface area (Å²) in [5.74, 6) is -0.0598. The molecule has 4 rings (SSSR count). The number of ether oxygens (including phenoxy) is 1. The fraction of sp³-hybridized carbons (Fsp3) is 0.321. The summed E-state index contributed by atoms with van der Waals surface area (Å²) in [6.45, 7) is 8.34. The summed E-state index contributed by atoms with van der Waals surface area (Å²) in [5.41, 5.74) is 3.71. The number of benzene rings is 2. The zero-order chi connectivity index (χ0) is 25.1. The quantitative estimate of drug-likeness (QED) is 0.404. The van der Waals surface area contributed by atoms with Gasteiger partial charge in [-0.1, -0.05) is 92.6 Å². The van der Waals surface area contributed by atoms with Crippen molar-refractivity contribution in [1.29, 1.82) is 0 Å². The number of fused-ring (bicyclic) bond motifs is 1. The van der Waals surface area contributed by atoms with E-state index in [0.717, 1.165) is 17.5 Å². The van der Waals surface area contributed by atoms with Crippen molar-refractivity contribution in [2.75, 3.05) is 6.61 Å². The molecule has 1 aromatic heterocycles. The molecule has 2 heterocycles. The van der Waals surface area contributed by atoms with E-state index in [2.05, 4.69) is 26.0 Å². The predicted molar refractivity (Wildman–Crippen MR) is 142 cm³/mol. The van der Waals surface area contributed by atoms with Crippen molar-refractivity contribution in [2.24, 2.45) is 4.99 Å². The van der Waals surface area contributed by atoms with E-state index >= 15 is 0 Å². The highest BCUT2D eigenvalue weighted by Crippen LogP contribution is 2.33. The summed E-state index contributed by atoms with van der Waals surface area (Å²) in [4.78, 5) is 32.3. The summed E-state index contributed by atoms with van der Waals surface area (Å²) in [6, 6.07) is 14.9. The lowest BCUT2D eigenvalue weighted by molar-refractivity contribution is -0.139. The Hall–Kier alpha value is -2.96. The Morgan fingerprint density at radius 2 is 1.89 bits per heavy atom. The molecular formula is C28H29ClN2O3S. The van der Waals surface area contributed by atoms with Crippen LogP contribution in [0.4, 0.5) is 0 Å². The summed E-state index contributed by atoms with van der Waals surface area (Å²) < 4.78 is 7.59. The number of halogens is 1. The first-order chi connectivity index (χ1) is 16.8. The number of esters is 1. The molecule has 0 N–H and O–H groups in total. The van der Waals surface area contributed by atoms with Gasteiger partial charge in [0, 0.05) is 5.02 Å².